The van der Waals surface area contributed by atoms with Crippen molar-refractivity contribution in [3.63, 3.8) is 0 Å². The van der Waals surface area contributed by atoms with E-state index in [4.69, 9.17) is 15.2 Å². The predicted molar refractivity (Wildman–Crippen MR) is 117 cm³/mol. The smallest absolute Gasteiger partial charge is 0.253 e. The second kappa shape index (κ2) is 11.1. The SMILES string of the molecule is COCC(C)/C=C\C(C(=O)NCc1ccc(Oc2cccc(C)c2)cc1)=C(/C)N. The molecule has 0 saturated heterocycles. The highest BCUT2D eigenvalue weighted by molar-refractivity contribution is 5.96. The zero-order valence-corrected chi connectivity index (χ0v) is 17.6. The van der Waals surface area contributed by atoms with Gasteiger partial charge < -0.3 is 20.5 Å². The van der Waals surface area contributed by atoms with Crippen LogP contribution in [-0.2, 0) is 16.1 Å². The van der Waals surface area contributed by atoms with Gasteiger partial charge in [0.15, 0.2) is 0 Å². The molecule has 0 aliphatic rings. The summed E-state index contributed by atoms with van der Waals surface area (Å²) in [5.74, 6) is 1.54. The Hall–Kier alpha value is -3.05. The average molecular weight is 395 g/mol. The van der Waals surface area contributed by atoms with Gasteiger partial charge in [0.25, 0.3) is 5.91 Å². The number of allylic oxidation sites excluding steroid dienone is 1. The van der Waals surface area contributed by atoms with Crippen molar-refractivity contribution in [1.82, 2.24) is 5.32 Å². The topological polar surface area (TPSA) is 73.6 Å². The van der Waals surface area contributed by atoms with E-state index in [1.54, 1.807) is 20.1 Å². The van der Waals surface area contributed by atoms with Gasteiger partial charge in [-0.2, -0.15) is 0 Å². The minimum Gasteiger partial charge on any atom is -0.457 e. The van der Waals surface area contributed by atoms with Gasteiger partial charge in [-0.15, -0.1) is 0 Å². The van der Waals surface area contributed by atoms with Gasteiger partial charge in [-0.25, -0.2) is 0 Å². The quantitative estimate of drug-likeness (QED) is 0.486. The van der Waals surface area contributed by atoms with Gasteiger partial charge in [0.2, 0.25) is 0 Å². The first-order valence-corrected chi connectivity index (χ1v) is 9.64. The summed E-state index contributed by atoms with van der Waals surface area (Å²) in [7, 11) is 1.65. The summed E-state index contributed by atoms with van der Waals surface area (Å²) in [6.07, 6.45) is 3.68. The molecule has 5 heteroatoms. The Kier molecular flexibility index (Phi) is 8.49. The van der Waals surface area contributed by atoms with Crippen LogP contribution >= 0.6 is 0 Å². The molecule has 1 amide bonds. The molecule has 1 atom stereocenters. The van der Waals surface area contributed by atoms with Crippen LogP contribution in [-0.4, -0.2) is 19.6 Å². The molecule has 0 saturated carbocycles. The summed E-state index contributed by atoms with van der Waals surface area (Å²) >= 11 is 0. The van der Waals surface area contributed by atoms with Crippen LogP contribution in [0.3, 0.4) is 0 Å². The van der Waals surface area contributed by atoms with E-state index < -0.39 is 0 Å². The number of benzene rings is 2. The molecule has 2 rings (SSSR count). The molecule has 2 aromatic rings. The first-order chi connectivity index (χ1) is 13.9. The molecule has 29 heavy (non-hydrogen) atoms. The Labute approximate surface area is 173 Å². The number of amides is 1. The van der Waals surface area contributed by atoms with Crippen LogP contribution < -0.4 is 15.8 Å². The number of carbonyl (C=O) groups is 1. The fourth-order valence-corrected chi connectivity index (χ4v) is 2.73. The van der Waals surface area contributed by atoms with Crippen LogP contribution in [0.5, 0.6) is 11.5 Å². The predicted octanol–water partition coefficient (Wildman–Crippen LogP) is 4.47. The lowest BCUT2D eigenvalue weighted by Crippen LogP contribution is -2.25. The van der Waals surface area contributed by atoms with Crippen molar-refractivity contribution in [2.45, 2.75) is 27.3 Å². The fraction of sp³-hybridized carbons (Fsp3) is 0.292. The third-order valence-electron chi connectivity index (χ3n) is 4.29. The van der Waals surface area contributed by atoms with Crippen molar-refractivity contribution in [3.05, 3.63) is 83.1 Å². The van der Waals surface area contributed by atoms with Gasteiger partial charge in [-0.3, -0.25) is 4.79 Å². The molecule has 0 heterocycles. The van der Waals surface area contributed by atoms with Crippen molar-refractivity contribution in [2.75, 3.05) is 13.7 Å². The number of methoxy groups -OCH3 is 1. The van der Waals surface area contributed by atoms with Crippen molar-refractivity contribution in [1.29, 1.82) is 0 Å². The Bertz CT molecular complexity index is 866. The Morgan fingerprint density at radius 2 is 1.90 bits per heavy atom. The zero-order valence-electron chi connectivity index (χ0n) is 17.6. The molecule has 3 N–H and O–H groups in total. The lowest BCUT2D eigenvalue weighted by Gasteiger charge is -2.10. The van der Waals surface area contributed by atoms with Crippen LogP contribution in [0.25, 0.3) is 0 Å². The summed E-state index contributed by atoms with van der Waals surface area (Å²) in [4.78, 5) is 12.5. The molecule has 0 radical (unpaired) electrons. The number of nitrogens with one attached hydrogen (secondary N) is 1. The van der Waals surface area contributed by atoms with Crippen molar-refractivity contribution in [3.8, 4) is 11.5 Å². The molecule has 0 aliphatic carbocycles. The minimum atomic E-state index is -0.203. The van der Waals surface area contributed by atoms with E-state index in [1.807, 2.05) is 68.5 Å². The number of hydrogen-bond acceptors (Lipinski definition) is 4. The molecule has 1 unspecified atom stereocenters. The van der Waals surface area contributed by atoms with E-state index in [-0.39, 0.29) is 11.8 Å². The number of nitrogens with two attached hydrogens (primary N) is 1. The van der Waals surface area contributed by atoms with E-state index in [1.165, 1.54) is 0 Å². The maximum atomic E-state index is 12.5. The zero-order chi connectivity index (χ0) is 21.2. The largest absolute Gasteiger partial charge is 0.457 e. The normalized spacial score (nSPS) is 13.1. The monoisotopic (exact) mass is 394 g/mol. The summed E-state index contributed by atoms with van der Waals surface area (Å²) in [5.41, 5.74) is 8.95. The van der Waals surface area contributed by atoms with E-state index in [2.05, 4.69) is 5.32 Å². The molecule has 0 spiro atoms. The third-order valence-corrected chi connectivity index (χ3v) is 4.29. The Morgan fingerprint density at radius 3 is 2.52 bits per heavy atom. The van der Waals surface area contributed by atoms with Gasteiger partial charge in [0.05, 0.1) is 12.2 Å². The van der Waals surface area contributed by atoms with Gasteiger partial charge in [-0.05, 0) is 55.2 Å². The number of carbonyl (C=O) groups excluding carboxylic acids is 1. The Morgan fingerprint density at radius 1 is 1.17 bits per heavy atom. The average Bonchev–Trinajstić information content (AvgIpc) is 2.67. The highest BCUT2D eigenvalue weighted by Gasteiger charge is 2.09. The lowest BCUT2D eigenvalue weighted by molar-refractivity contribution is -0.117. The molecule has 0 fully saturated rings. The standard InChI is InChI=1S/C24H30N2O3/c1-17-6-5-7-22(14-17)29-21-11-9-20(10-12-21)15-26-24(27)23(19(3)25)13-8-18(2)16-28-4/h5-14,18H,15-16,25H2,1-4H3,(H,26,27)/b13-8-,23-19-. The van der Waals surface area contributed by atoms with Crippen LogP contribution in [0.2, 0.25) is 0 Å². The molecule has 0 aromatic heterocycles. The summed E-state index contributed by atoms with van der Waals surface area (Å²) in [6.45, 7) is 6.76. The van der Waals surface area contributed by atoms with E-state index in [9.17, 15) is 4.79 Å². The van der Waals surface area contributed by atoms with E-state index >= 15 is 0 Å². The second-order valence-electron chi connectivity index (χ2n) is 7.13. The van der Waals surface area contributed by atoms with Crippen LogP contribution in [0.1, 0.15) is 25.0 Å². The number of hydrogen-bond donors (Lipinski definition) is 2. The first-order valence-electron chi connectivity index (χ1n) is 9.64. The van der Waals surface area contributed by atoms with Gasteiger partial charge in [0.1, 0.15) is 11.5 Å². The highest BCUT2D eigenvalue weighted by atomic mass is 16.5. The van der Waals surface area contributed by atoms with Gasteiger partial charge in [-0.1, -0.05) is 43.3 Å². The fourth-order valence-electron chi connectivity index (χ4n) is 2.73. The maximum Gasteiger partial charge on any atom is 0.253 e. The van der Waals surface area contributed by atoms with Gasteiger partial charge >= 0.3 is 0 Å². The van der Waals surface area contributed by atoms with E-state index in [0.29, 0.717) is 24.4 Å². The number of rotatable bonds is 9. The minimum absolute atomic E-state index is 0.197. The summed E-state index contributed by atoms with van der Waals surface area (Å²) in [5, 5.41) is 2.91. The Balaban J connectivity index is 1.94. The first kappa shape index (κ1) is 22.2. The number of ether oxygens (including phenoxy) is 2. The van der Waals surface area contributed by atoms with Crippen molar-refractivity contribution >= 4 is 5.91 Å². The molecule has 2 aromatic carbocycles. The van der Waals surface area contributed by atoms with E-state index in [0.717, 1.165) is 22.6 Å². The summed E-state index contributed by atoms with van der Waals surface area (Å²) < 4.78 is 11.0. The molecule has 5 nitrogen and oxygen atoms in total. The molecule has 0 aliphatic heterocycles. The molecular weight excluding hydrogens is 364 g/mol. The van der Waals surface area contributed by atoms with Crippen LogP contribution in [0.4, 0.5) is 0 Å². The van der Waals surface area contributed by atoms with Crippen molar-refractivity contribution < 1.29 is 14.3 Å². The van der Waals surface area contributed by atoms with Crippen molar-refractivity contribution in [2.24, 2.45) is 11.7 Å². The molecular formula is C24H30N2O3. The van der Waals surface area contributed by atoms with Crippen LogP contribution in [0, 0.1) is 12.8 Å². The third kappa shape index (κ3) is 7.47. The molecule has 154 valence electrons. The molecule has 0 bridgehead atoms. The number of aryl methyl sites for hydroxylation is 1. The lowest BCUT2D eigenvalue weighted by atomic mass is 10.1. The maximum absolute atomic E-state index is 12.5. The summed E-state index contributed by atoms with van der Waals surface area (Å²) in [6, 6.07) is 15.5. The van der Waals surface area contributed by atoms with Gasteiger partial charge in [0, 0.05) is 19.4 Å². The van der Waals surface area contributed by atoms with Crippen LogP contribution in [0.15, 0.2) is 72.0 Å². The highest BCUT2D eigenvalue weighted by Crippen LogP contribution is 2.22. The second-order valence-corrected chi connectivity index (χ2v) is 7.13.